The van der Waals surface area contributed by atoms with Crippen molar-refractivity contribution in [2.45, 2.75) is 70.1 Å². The molecule has 2 amide bonds. The van der Waals surface area contributed by atoms with Gasteiger partial charge in [-0.3, -0.25) is 4.79 Å². The molecule has 0 unspecified atom stereocenters. The number of amides is 2. The molecular weight excluding hydrogens is 528 g/mol. The highest BCUT2D eigenvalue weighted by atomic mass is 16.6. The van der Waals surface area contributed by atoms with Crippen LogP contribution in [0.5, 0.6) is 0 Å². The second-order valence-corrected chi connectivity index (χ2v) is 11.3. The van der Waals surface area contributed by atoms with Crippen molar-refractivity contribution in [3.05, 3.63) is 107 Å². The summed E-state index contributed by atoms with van der Waals surface area (Å²) in [4.78, 5) is 39.7. The molecule has 2 atom stereocenters. The minimum absolute atomic E-state index is 0.0928. The highest BCUT2D eigenvalue weighted by Crippen LogP contribution is 2.44. The van der Waals surface area contributed by atoms with Crippen LogP contribution in [-0.4, -0.2) is 42.8 Å². The van der Waals surface area contributed by atoms with Crippen molar-refractivity contribution in [2.75, 3.05) is 6.61 Å². The summed E-state index contributed by atoms with van der Waals surface area (Å²) in [6.07, 6.45) is 4.35. The third-order valence-electron chi connectivity index (χ3n) is 7.93. The fraction of sp³-hybridized carbons (Fsp3) is 0.343. The molecule has 0 aliphatic heterocycles. The third-order valence-corrected chi connectivity index (χ3v) is 7.93. The first-order chi connectivity index (χ1) is 20.4. The number of allylic oxidation sites excluding steroid dienone is 1. The van der Waals surface area contributed by atoms with Crippen LogP contribution in [0.25, 0.3) is 11.1 Å². The zero-order valence-electron chi connectivity index (χ0n) is 24.2. The molecule has 0 radical (unpaired) electrons. The number of hydrogen-bond donors (Lipinski definition) is 2. The van der Waals surface area contributed by atoms with E-state index in [2.05, 4.69) is 34.9 Å². The molecule has 7 heteroatoms. The number of fused-ring (bicyclic) bond motifs is 3. The van der Waals surface area contributed by atoms with E-state index in [0.717, 1.165) is 52.7 Å². The molecule has 1 saturated carbocycles. The van der Waals surface area contributed by atoms with Gasteiger partial charge in [-0.25, -0.2) is 9.59 Å². The van der Waals surface area contributed by atoms with Gasteiger partial charge in [0.15, 0.2) is 0 Å². The van der Waals surface area contributed by atoms with Crippen molar-refractivity contribution in [2.24, 2.45) is 0 Å². The van der Waals surface area contributed by atoms with Crippen LogP contribution in [0.4, 0.5) is 4.79 Å². The summed E-state index contributed by atoms with van der Waals surface area (Å²) in [5.74, 6) is -1.02. The molecule has 5 rings (SSSR count). The highest BCUT2D eigenvalue weighted by molar-refractivity contribution is 5.90. The molecule has 0 spiro atoms. The average Bonchev–Trinajstić information content (AvgIpc) is 3.29. The maximum absolute atomic E-state index is 13.5. The molecule has 3 aromatic carbocycles. The summed E-state index contributed by atoms with van der Waals surface area (Å²) in [7, 11) is 0. The Morgan fingerprint density at radius 1 is 0.833 bits per heavy atom. The number of ether oxygens (including phenoxy) is 2. The molecular formula is C35H38N2O5. The first kappa shape index (κ1) is 29.1. The number of rotatable bonds is 11. The Hall–Kier alpha value is -4.39. The predicted octanol–water partition coefficient (Wildman–Crippen LogP) is 6.07. The van der Waals surface area contributed by atoms with Gasteiger partial charge in [0.1, 0.15) is 24.8 Å². The smallest absolute Gasteiger partial charge is 0.407 e. The molecule has 1 fully saturated rings. The fourth-order valence-electron chi connectivity index (χ4n) is 5.42. The summed E-state index contributed by atoms with van der Waals surface area (Å²) in [5.41, 5.74) is 6.41. The van der Waals surface area contributed by atoms with Gasteiger partial charge < -0.3 is 20.1 Å². The molecule has 218 valence electrons. The van der Waals surface area contributed by atoms with Crippen LogP contribution >= 0.6 is 0 Å². The highest BCUT2D eigenvalue weighted by Gasteiger charge is 2.32. The average molecular weight is 567 g/mol. The Morgan fingerprint density at radius 2 is 1.45 bits per heavy atom. The SMILES string of the molecule is CC(C)=CC[C@H](NC(=O)OCC1c2ccccc2-c2ccccc21)C(=O)N[C@@H](Cc1ccccc1)C(=O)OC1CCC1. The second kappa shape index (κ2) is 13.5. The number of nitrogens with one attached hydrogen (secondary N) is 2. The van der Waals surface area contributed by atoms with Gasteiger partial charge in [-0.05, 0) is 67.3 Å². The first-order valence-electron chi connectivity index (χ1n) is 14.7. The zero-order valence-corrected chi connectivity index (χ0v) is 24.2. The molecule has 3 aromatic rings. The molecule has 0 heterocycles. The molecule has 42 heavy (non-hydrogen) atoms. The van der Waals surface area contributed by atoms with Crippen LogP contribution in [0.15, 0.2) is 90.5 Å². The Labute approximate surface area is 247 Å². The van der Waals surface area contributed by atoms with Gasteiger partial charge in [0.2, 0.25) is 5.91 Å². The number of benzene rings is 3. The van der Waals surface area contributed by atoms with Crippen molar-refractivity contribution >= 4 is 18.0 Å². The van der Waals surface area contributed by atoms with E-state index in [4.69, 9.17) is 9.47 Å². The van der Waals surface area contributed by atoms with Gasteiger partial charge in [-0.1, -0.05) is 90.5 Å². The van der Waals surface area contributed by atoms with E-state index in [1.54, 1.807) is 0 Å². The van der Waals surface area contributed by atoms with Crippen molar-refractivity contribution < 1.29 is 23.9 Å². The Morgan fingerprint density at radius 3 is 2.05 bits per heavy atom. The fourth-order valence-corrected chi connectivity index (χ4v) is 5.42. The van der Waals surface area contributed by atoms with Gasteiger partial charge in [0.05, 0.1) is 0 Å². The van der Waals surface area contributed by atoms with Gasteiger partial charge in [0.25, 0.3) is 0 Å². The second-order valence-electron chi connectivity index (χ2n) is 11.3. The van der Waals surface area contributed by atoms with E-state index in [1.807, 2.05) is 74.5 Å². The van der Waals surface area contributed by atoms with Crippen LogP contribution in [0, 0.1) is 0 Å². The first-order valence-corrected chi connectivity index (χ1v) is 14.7. The van der Waals surface area contributed by atoms with Crippen molar-refractivity contribution in [3.8, 4) is 11.1 Å². The number of carbonyl (C=O) groups is 3. The van der Waals surface area contributed by atoms with E-state index >= 15 is 0 Å². The van der Waals surface area contributed by atoms with Crippen LogP contribution in [0.1, 0.15) is 62.1 Å². The molecule has 0 bridgehead atoms. The number of carbonyl (C=O) groups excluding carboxylic acids is 3. The zero-order chi connectivity index (χ0) is 29.5. The lowest BCUT2D eigenvalue weighted by Gasteiger charge is -2.28. The largest absolute Gasteiger partial charge is 0.461 e. The van der Waals surface area contributed by atoms with Crippen molar-refractivity contribution in [3.63, 3.8) is 0 Å². The normalized spacial score (nSPS) is 15.3. The minimum Gasteiger partial charge on any atom is -0.461 e. The number of hydrogen-bond acceptors (Lipinski definition) is 5. The maximum Gasteiger partial charge on any atom is 0.407 e. The summed E-state index contributed by atoms with van der Waals surface area (Å²) >= 11 is 0. The lowest BCUT2D eigenvalue weighted by atomic mass is 9.96. The third kappa shape index (κ3) is 7.08. The van der Waals surface area contributed by atoms with Crippen LogP contribution in [0.3, 0.4) is 0 Å². The quantitative estimate of drug-likeness (QED) is 0.217. The van der Waals surface area contributed by atoms with Gasteiger partial charge in [-0.15, -0.1) is 0 Å². The van der Waals surface area contributed by atoms with Gasteiger partial charge >= 0.3 is 12.1 Å². The molecule has 2 aliphatic rings. The molecule has 0 saturated heterocycles. The Bertz CT molecular complexity index is 1400. The number of esters is 1. The van der Waals surface area contributed by atoms with Gasteiger partial charge in [-0.2, -0.15) is 0 Å². The number of alkyl carbamates (subject to hydrolysis) is 1. The summed E-state index contributed by atoms with van der Waals surface area (Å²) in [6, 6.07) is 24.0. The van der Waals surface area contributed by atoms with E-state index in [-0.39, 0.29) is 25.0 Å². The summed E-state index contributed by atoms with van der Waals surface area (Å²) < 4.78 is 11.4. The summed E-state index contributed by atoms with van der Waals surface area (Å²) in [6.45, 7) is 3.99. The molecule has 0 aromatic heterocycles. The minimum atomic E-state index is -0.926. The van der Waals surface area contributed by atoms with Crippen molar-refractivity contribution in [1.82, 2.24) is 10.6 Å². The van der Waals surface area contributed by atoms with Crippen LogP contribution in [-0.2, 0) is 25.5 Å². The maximum atomic E-state index is 13.5. The van der Waals surface area contributed by atoms with E-state index in [1.165, 1.54) is 0 Å². The lowest BCUT2D eigenvalue weighted by molar-refractivity contribution is -0.156. The van der Waals surface area contributed by atoms with Gasteiger partial charge in [0, 0.05) is 12.3 Å². The Kier molecular flexibility index (Phi) is 9.37. The van der Waals surface area contributed by atoms with E-state index in [9.17, 15) is 14.4 Å². The lowest BCUT2D eigenvalue weighted by Crippen LogP contribution is -2.53. The Balaban J connectivity index is 1.26. The predicted molar refractivity (Wildman–Crippen MR) is 162 cm³/mol. The topological polar surface area (TPSA) is 93.7 Å². The molecule has 7 nitrogen and oxygen atoms in total. The van der Waals surface area contributed by atoms with E-state index < -0.39 is 30.1 Å². The molecule has 2 aliphatic carbocycles. The van der Waals surface area contributed by atoms with Crippen LogP contribution < -0.4 is 10.6 Å². The standard InChI is InChI=1S/C35H38N2O5/c1-23(2)19-20-31(33(38)36-32(21-24-11-4-3-5-12-24)34(39)42-25-13-10-14-25)37-35(40)41-22-30-28-17-8-6-15-26(28)27-16-7-9-18-29(27)30/h3-9,11-12,15-19,25,30-32H,10,13-14,20-22H2,1-2H3,(H,36,38)(H,37,40)/t31-,32-/m0/s1. The monoisotopic (exact) mass is 566 g/mol. The summed E-state index contributed by atoms with van der Waals surface area (Å²) in [5, 5.41) is 5.60. The van der Waals surface area contributed by atoms with Crippen LogP contribution in [0.2, 0.25) is 0 Å². The molecule has 2 N–H and O–H groups in total. The van der Waals surface area contributed by atoms with Crippen molar-refractivity contribution in [1.29, 1.82) is 0 Å². The van der Waals surface area contributed by atoms with E-state index in [0.29, 0.717) is 6.42 Å².